The fourth-order valence-electron chi connectivity index (χ4n) is 4.03. The van der Waals surface area contributed by atoms with Crippen LogP contribution in [0.5, 0.6) is 0 Å². The molecule has 1 N–H and O–H groups in total. The summed E-state index contributed by atoms with van der Waals surface area (Å²) in [7, 11) is 0. The number of hydrogen-bond donors (Lipinski definition) is 1. The second-order valence-corrected chi connectivity index (χ2v) is 8.32. The van der Waals surface area contributed by atoms with Crippen LogP contribution in [0.25, 0.3) is 11.4 Å². The maximum atomic E-state index is 12.8. The standard InChI is InChI=1S/C24H28N4O2/c1-16-6-8-19(9-7-16)23-26-22(30-27-23)15-28-10-4-5-20(14-28)24(29)25-21-12-17(2)11-18(3)13-21/h6-9,11-13,20H,4-5,10,14-15H2,1-3H3,(H,25,29). The number of hydrogen-bond acceptors (Lipinski definition) is 5. The van der Waals surface area contributed by atoms with Gasteiger partial charge in [0.05, 0.1) is 12.5 Å². The highest BCUT2D eigenvalue weighted by atomic mass is 16.5. The van der Waals surface area contributed by atoms with Crippen molar-refractivity contribution in [3.63, 3.8) is 0 Å². The molecule has 4 rings (SSSR count). The third-order valence-electron chi connectivity index (χ3n) is 5.50. The summed E-state index contributed by atoms with van der Waals surface area (Å²) in [6.07, 6.45) is 1.87. The Morgan fingerprint density at radius 2 is 1.83 bits per heavy atom. The second-order valence-electron chi connectivity index (χ2n) is 8.32. The van der Waals surface area contributed by atoms with Crippen molar-refractivity contribution in [2.24, 2.45) is 5.92 Å². The average molecular weight is 405 g/mol. The van der Waals surface area contributed by atoms with Crippen LogP contribution in [0, 0.1) is 26.7 Å². The van der Waals surface area contributed by atoms with Gasteiger partial charge in [0.1, 0.15) is 0 Å². The number of nitrogens with zero attached hydrogens (tertiary/aromatic N) is 3. The number of amides is 1. The van der Waals surface area contributed by atoms with Crippen molar-refractivity contribution < 1.29 is 9.32 Å². The van der Waals surface area contributed by atoms with Crippen LogP contribution in [0.2, 0.25) is 0 Å². The lowest BCUT2D eigenvalue weighted by atomic mass is 9.97. The number of carbonyl (C=O) groups excluding carboxylic acids is 1. The first kappa shape index (κ1) is 20.3. The molecule has 0 spiro atoms. The zero-order valence-corrected chi connectivity index (χ0v) is 17.8. The van der Waals surface area contributed by atoms with E-state index >= 15 is 0 Å². The van der Waals surface area contributed by atoms with Gasteiger partial charge in [-0.1, -0.05) is 41.1 Å². The van der Waals surface area contributed by atoms with Crippen molar-refractivity contribution in [2.75, 3.05) is 18.4 Å². The monoisotopic (exact) mass is 404 g/mol. The Morgan fingerprint density at radius 3 is 2.57 bits per heavy atom. The smallest absolute Gasteiger partial charge is 0.241 e. The Balaban J connectivity index is 1.37. The van der Waals surface area contributed by atoms with Gasteiger partial charge < -0.3 is 9.84 Å². The quantitative estimate of drug-likeness (QED) is 0.677. The molecule has 30 heavy (non-hydrogen) atoms. The molecule has 1 fully saturated rings. The van der Waals surface area contributed by atoms with E-state index in [2.05, 4.69) is 33.3 Å². The Morgan fingerprint density at radius 1 is 1.10 bits per heavy atom. The van der Waals surface area contributed by atoms with Gasteiger partial charge in [0, 0.05) is 17.8 Å². The van der Waals surface area contributed by atoms with E-state index in [-0.39, 0.29) is 11.8 Å². The van der Waals surface area contributed by atoms with Crippen LogP contribution in [-0.2, 0) is 11.3 Å². The molecule has 6 heteroatoms. The first-order valence-electron chi connectivity index (χ1n) is 10.5. The molecule has 1 atom stereocenters. The molecule has 0 radical (unpaired) electrons. The van der Waals surface area contributed by atoms with Gasteiger partial charge >= 0.3 is 0 Å². The van der Waals surface area contributed by atoms with Crippen LogP contribution in [0.4, 0.5) is 5.69 Å². The van der Waals surface area contributed by atoms with Gasteiger partial charge in [-0.15, -0.1) is 0 Å². The first-order chi connectivity index (χ1) is 14.5. The number of likely N-dealkylation sites (tertiary alicyclic amines) is 1. The van der Waals surface area contributed by atoms with Crippen LogP contribution < -0.4 is 5.32 Å². The summed E-state index contributed by atoms with van der Waals surface area (Å²) in [4.78, 5) is 19.6. The third kappa shape index (κ3) is 4.94. The van der Waals surface area contributed by atoms with Gasteiger partial charge in [-0.2, -0.15) is 4.98 Å². The van der Waals surface area contributed by atoms with Gasteiger partial charge in [-0.05, 0) is 63.4 Å². The van der Waals surface area contributed by atoms with E-state index < -0.39 is 0 Å². The molecule has 1 aliphatic heterocycles. The summed E-state index contributed by atoms with van der Waals surface area (Å²) in [5.74, 6) is 1.22. The Kier molecular flexibility index (Phi) is 5.95. The summed E-state index contributed by atoms with van der Waals surface area (Å²) >= 11 is 0. The number of carbonyl (C=O) groups is 1. The van der Waals surface area contributed by atoms with Crippen molar-refractivity contribution >= 4 is 11.6 Å². The van der Waals surface area contributed by atoms with Gasteiger partial charge in [0.25, 0.3) is 0 Å². The van der Waals surface area contributed by atoms with E-state index in [1.54, 1.807) is 0 Å². The molecule has 1 amide bonds. The predicted octanol–water partition coefficient (Wildman–Crippen LogP) is 4.51. The van der Waals surface area contributed by atoms with Crippen molar-refractivity contribution in [1.29, 1.82) is 0 Å². The summed E-state index contributed by atoms with van der Waals surface area (Å²) in [5, 5.41) is 7.21. The Bertz CT molecular complexity index is 1010. The molecule has 1 saturated heterocycles. The molecule has 156 valence electrons. The van der Waals surface area contributed by atoms with Crippen molar-refractivity contribution in [3.05, 3.63) is 65.0 Å². The molecule has 3 aromatic rings. The minimum Gasteiger partial charge on any atom is -0.338 e. The number of aromatic nitrogens is 2. The van der Waals surface area contributed by atoms with Crippen LogP contribution >= 0.6 is 0 Å². The van der Waals surface area contributed by atoms with Gasteiger partial charge in [-0.25, -0.2) is 0 Å². The van der Waals surface area contributed by atoms with E-state index in [1.165, 1.54) is 5.56 Å². The molecule has 1 unspecified atom stereocenters. The molecule has 0 aliphatic carbocycles. The molecule has 2 aromatic carbocycles. The molecule has 0 bridgehead atoms. The fourth-order valence-corrected chi connectivity index (χ4v) is 4.03. The average Bonchev–Trinajstić information content (AvgIpc) is 3.16. The van der Waals surface area contributed by atoms with Crippen LogP contribution in [0.15, 0.2) is 47.0 Å². The number of anilines is 1. The van der Waals surface area contributed by atoms with E-state index in [9.17, 15) is 4.79 Å². The minimum atomic E-state index is -0.0425. The van der Waals surface area contributed by atoms with E-state index in [0.29, 0.717) is 24.8 Å². The van der Waals surface area contributed by atoms with Crippen LogP contribution in [-0.4, -0.2) is 34.0 Å². The lowest BCUT2D eigenvalue weighted by molar-refractivity contribution is -0.121. The Labute approximate surface area is 177 Å². The third-order valence-corrected chi connectivity index (χ3v) is 5.50. The molecular weight excluding hydrogens is 376 g/mol. The SMILES string of the molecule is Cc1ccc(-c2noc(CN3CCCC(C(=O)Nc4cc(C)cc(C)c4)C3)n2)cc1. The van der Waals surface area contributed by atoms with Crippen LogP contribution in [0.1, 0.15) is 35.4 Å². The number of piperidine rings is 1. The summed E-state index contributed by atoms with van der Waals surface area (Å²) in [6.45, 7) is 8.32. The molecule has 1 aromatic heterocycles. The van der Waals surface area contributed by atoms with Crippen molar-refractivity contribution in [2.45, 2.75) is 40.2 Å². The van der Waals surface area contributed by atoms with Gasteiger partial charge in [-0.3, -0.25) is 9.69 Å². The maximum absolute atomic E-state index is 12.8. The predicted molar refractivity (Wildman–Crippen MR) is 117 cm³/mol. The van der Waals surface area contributed by atoms with E-state index in [1.807, 2.05) is 50.2 Å². The zero-order chi connectivity index (χ0) is 21.1. The summed E-state index contributed by atoms with van der Waals surface area (Å²) < 4.78 is 5.47. The number of aryl methyl sites for hydroxylation is 3. The maximum Gasteiger partial charge on any atom is 0.241 e. The first-order valence-corrected chi connectivity index (χ1v) is 10.5. The molecular formula is C24H28N4O2. The second kappa shape index (κ2) is 8.79. The molecule has 2 heterocycles. The summed E-state index contributed by atoms with van der Waals surface area (Å²) in [5.41, 5.74) is 5.31. The zero-order valence-electron chi connectivity index (χ0n) is 17.8. The number of rotatable bonds is 5. The highest BCUT2D eigenvalue weighted by Gasteiger charge is 2.27. The summed E-state index contributed by atoms with van der Waals surface area (Å²) in [6, 6.07) is 14.2. The topological polar surface area (TPSA) is 71.3 Å². The fraction of sp³-hybridized carbons (Fsp3) is 0.375. The van der Waals surface area contributed by atoms with Gasteiger partial charge in [0.15, 0.2) is 0 Å². The lowest BCUT2D eigenvalue weighted by Gasteiger charge is -2.30. The molecule has 0 saturated carbocycles. The van der Waals surface area contributed by atoms with E-state index in [0.717, 1.165) is 41.8 Å². The Hall–Kier alpha value is -2.99. The van der Waals surface area contributed by atoms with Crippen LogP contribution in [0.3, 0.4) is 0 Å². The lowest BCUT2D eigenvalue weighted by Crippen LogP contribution is -2.40. The molecule has 6 nitrogen and oxygen atoms in total. The molecule has 1 aliphatic rings. The highest BCUT2D eigenvalue weighted by Crippen LogP contribution is 2.22. The van der Waals surface area contributed by atoms with Crippen molar-refractivity contribution in [3.8, 4) is 11.4 Å². The minimum absolute atomic E-state index is 0.0425. The normalized spacial score (nSPS) is 17.1. The number of nitrogens with one attached hydrogen (secondary N) is 1. The van der Waals surface area contributed by atoms with E-state index in [4.69, 9.17) is 4.52 Å². The highest BCUT2D eigenvalue weighted by molar-refractivity contribution is 5.93. The number of benzene rings is 2. The largest absolute Gasteiger partial charge is 0.338 e. The van der Waals surface area contributed by atoms with Gasteiger partial charge in [0.2, 0.25) is 17.6 Å². The van der Waals surface area contributed by atoms with Crippen molar-refractivity contribution in [1.82, 2.24) is 15.0 Å².